The molecule has 0 spiro atoms. The van der Waals surface area contributed by atoms with E-state index in [0.29, 0.717) is 23.2 Å². The minimum Gasteiger partial charge on any atom is -0.508 e. The first-order valence-corrected chi connectivity index (χ1v) is 16.1. The van der Waals surface area contributed by atoms with E-state index in [-0.39, 0.29) is 27.1 Å². The summed E-state index contributed by atoms with van der Waals surface area (Å²) >= 11 is 0. The molecule has 0 saturated heterocycles. The highest BCUT2D eigenvalue weighted by Crippen LogP contribution is 2.54. The first-order chi connectivity index (χ1) is 19.6. The van der Waals surface area contributed by atoms with E-state index in [2.05, 4.69) is 119 Å². The molecule has 0 radical (unpaired) electrons. The Morgan fingerprint density at radius 2 is 0.814 bits per heavy atom. The molecule has 0 amide bonds. The molecule has 4 rings (SSSR count). The zero-order valence-electron chi connectivity index (χ0n) is 28.9. The second-order valence-corrected chi connectivity index (χ2v) is 17.3. The van der Waals surface area contributed by atoms with E-state index in [1.807, 2.05) is 0 Å². The van der Waals surface area contributed by atoms with Crippen molar-refractivity contribution in [1.29, 1.82) is 0 Å². The number of hydrogen-bond donors (Lipinski definition) is 3. The van der Waals surface area contributed by atoms with Gasteiger partial charge in [-0.1, -0.05) is 119 Å². The van der Waals surface area contributed by atoms with Crippen LogP contribution in [0.25, 0.3) is 0 Å². The van der Waals surface area contributed by atoms with E-state index >= 15 is 0 Å². The first kappa shape index (κ1) is 33.0. The quantitative estimate of drug-likeness (QED) is 0.287. The van der Waals surface area contributed by atoms with Gasteiger partial charge >= 0.3 is 0 Å². The van der Waals surface area contributed by atoms with E-state index in [9.17, 15) is 15.3 Å². The smallest absolute Gasteiger partial charge is 0.123 e. The molecule has 234 valence electrons. The predicted molar refractivity (Wildman–Crippen MR) is 181 cm³/mol. The lowest BCUT2D eigenvalue weighted by atomic mass is 9.60. The van der Waals surface area contributed by atoms with Crippen LogP contribution in [0.15, 0.2) is 48.5 Å². The number of rotatable bonds is 3. The Kier molecular flexibility index (Phi) is 8.35. The largest absolute Gasteiger partial charge is 0.508 e. The van der Waals surface area contributed by atoms with Crippen LogP contribution in [0.4, 0.5) is 0 Å². The molecular formula is C40H56O3. The molecule has 43 heavy (non-hydrogen) atoms. The molecule has 1 fully saturated rings. The van der Waals surface area contributed by atoms with Crippen molar-refractivity contribution in [2.24, 2.45) is 0 Å². The third-order valence-electron chi connectivity index (χ3n) is 9.76. The van der Waals surface area contributed by atoms with Crippen molar-refractivity contribution in [3.05, 3.63) is 87.5 Å². The summed E-state index contributed by atoms with van der Waals surface area (Å²) in [4.78, 5) is 0. The summed E-state index contributed by atoms with van der Waals surface area (Å²) in [5, 5.41) is 33.2. The maximum absolute atomic E-state index is 11.6. The third-order valence-corrected chi connectivity index (χ3v) is 9.76. The summed E-state index contributed by atoms with van der Waals surface area (Å²) in [5.74, 6) is 1.54. The molecule has 3 aromatic rings. The summed E-state index contributed by atoms with van der Waals surface area (Å²) in [6, 6.07) is 16.9. The predicted octanol–water partition coefficient (Wildman–Crippen LogP) is 10.6. The fourth-order valence-electron chi connectivity index (χ4n) is 7.04. The second-order valence-electron chi connectivity index (χ2n) is 17.3. The lowest BCUT2D eigenvalue weighted by Crippen LogP contribution is -2.35. The van der Waals surface area contributed by atoms with E-state index in [4.69, 9.17) is 0 Å². The second kappa shape index (κ2) is 10.9. The standard InChI is InChI=1S/C40H56O3/c1-36(2,3)30-21-27(22-31(34(30)42)37(4,5)6)40(19-17-26(18-20-40)25-13-15-29(41)16-14-25)28-23-32(38(7,8)9)35(43)33(24-28)39(10,11)12/h13-16,21-24,26,41-43H,17-20H2,1-12H3. The summed E-state index contributed by atoms with van der Waals surface area (Å²) in [6.07, 6.45) is 3.93. The Bertz CT molecular complexity index is 1300. The first-order valence-electron chi connectivity index (χ1n) is 16.1. The van der Waals surface area contributed by atoms with Crippen molar-refractivity contribution in [3.8, 4) is 17.2 Å². The Morgan fingerprint density at radius 1 is 0.512 bits per heavy atom. The molecule has 0 unspecified atom stereocenters. The van der Waals surface area contributed by atoms with Crippen LogP contribution in [0.2, 0.25) is 0 Å². The fourth-order valence-corrected chi connectivity index (χ4v) is 7.04. The molecule has 1 aliphatic rings. The SMILES string of the molecule is CC(C)(C)c1cc(C2(c3cc(C(C)(C)C)c(O)c(C(C)(C)C)c3)CCC(c3ccc(O)cc3)CC2)cc(C(C)(C)C)c1O. The Hall–Kier alpha value is -2.94. The van der Waals surface area contributed by atoms with Gasteiger partial charge in [-0.2, -0.15) is 0 Å². The molecule has 3 N–H and O–H groups in total. The Labute approximate surface area is 261 Å². The monoisotopic (exact) mass is 584 g/mol. The van der Waals surface area contributed by atoms with Crippen molar-refractivity contribution >= 4 is 0 Å². The number of benzene rings is 3. The van der Waals surface area contributed by atoms with E-state index < -0.39 is 0 Å². The van der Waals surface area contributed by atoms with Gasteiger partial charge in [0.15, 0.2) is 0 Å². The highest BCUT2D eigenvalue weighted by Gasteiger charge is 2.42. The number of phenolic OH excluding ortho intramolecular Hbond substituents is 3. The fraction of sp³-hybridized carbons (Fsp3) is 0.550. The summed E-state index contributed by atoms with van der Waals surface area (Å²) in [6.45, 7) is 26.2. The van der Waals surface area contributed by atoms with Gasteiger partial charge in [-0.15, -0.1) is 0 Å². The molecular weight excluding hydrogens is 528 g/mol. The van der Waals surface area contributed by atoms with E-state index in [0.717, 1.165) is 47.9 Å². The molecule has 0 bridgehead atoms. The van der Waals surface area contributed by atoms with Crippen LogP contribution in [-0.2, 0) is 27.1 Å². The van der Waals surface area contributed by atoms with Crippen molar-refractivity contribution in [2.75, 3.05) is 0 Å². The molecule has 0 aliphatic heterocycles. The van der Waals surface area contributed by atoms with Gasteiger partial charge in [-0.3, -0.25) is 0 Å². The number of aromatic hydroxyl groups is 3. The van der Waals surface area contributed by atoms with Gasteiger partial charge in [0.25, 0.3) is 0 Å². The summed E-state index contributed by atoms with van der Waals surface area (Å²) < 4.78 is 0. The lowest BCUT2D eigenvalue weighted by Gasteiger charge is -2.44. The summed E-state index contributed by atoms with van der Waals surface area (Å²) in [5.41, 5.74) is 6.54. The van der Waals surface area contributed by atoms with Crippen LogP contribution in [0, 0.1) is 0 Å². The normalized spacial score (nSPS) is 16.8. The molecule has 3 aromatic carbocycles. The van der Waals surface area contributed by atoms with Crippen LogP contribution < -0.4 is 0 Å². The number of phenols is 3. The average Bonchev–Trinajstić information content (AvgIpc) is 2.87. The maximum Gasteiger partial charge on any atom is 0.123 e. The van der Waals surface area contributed by atoms with Crippen LogP contribution in [-0.4, -0.2) is 15.3 Å². The van der Waals surface area contributed by atoms with Crippen molar-refractivity contribution in [3.63, 3.8) is 0 Å². The Balaban J connectivity index is 2.04. The van der Waals surface area contributed by atoms with Crippen LogP contribution in [0.3, 0.4) is 0 Å². The van der Waals surface area contributed by atoms with Gasteiger partial charge in [-0.05, 0) is 104 Å². The zero-order valence-corrected chi connectivity index (χ0v) is 28.9. The van der Waals surface area contributed by atoms with Gasteiger partial charge in [0, 0.05) is 5.41 Å². The average molecular weight is 585 g/mol. The minimum atomic E-state index is -0.283. The highest BCUT2D eigenvalue weighted by atomic mass is 16.3. The molecule has 0 heterocycles. The van der Waals surface area contributed by atoms with E-state index in [1.54, 1.807) is 12.1 Å². The van der Waals surface area contributed by atoms with Crippen molar-refractivity contribution in [1.82, 2.24) is 0 Å². The Morgan fingerprint density at radius 3 is 1.09 bits per heavy atom. The zero-order chi connectivity index (χ0) is 32.3. The molecule has 3 nitrogen and oxygen atoms in total. The van der Waals surface area contributed by atoms with Crippen LogP contribution >= 0.6 is 0 Å². The van der Waals surface area contributed by atoms with Crippen molar-refractivity contribution < 1.29 is 15.3 Å². The molecule has 1 saturated carbocycles. The van der Waals surface area contributed by atoms with Gasteiger partial charge < -0.3 is 15.3 Å². The summed E-state index contributed by atoms with van der Waals surface area (Å²) in [7, 11) is 0. The highest BCUT2D eigenvalue weighted by molar-refractivity contribution is 5.58. The van der Waals surface area contributed by atoms with Gasteiger partial charge in [0.05, 0.1) is 0 Å². The molecule has 1 aliphatic carbocycles. The van der Waals surface area contributed by atoms with Gasteiger partial charge in [-0.25, -0.2) is 0 Å². The topological polar surface area (TPSA) is 60.7 Å². The third kappa shape index (κ3) is 6.47. The molecule has 0 atom stereocenters. The van der Waals surface area contributed by atoms with Crippen LogP contribution in [0.1, 0.15) is 154 Å². The number of hydrogen-bond acceptors (Lipinski definition) is 3. The minimum absolute atomic E-state index is 0.230. The van der Waals surface area contributed by atoms with Gasteiger partial charge in [0.2, 0.25) is 0 Å². The maximum atomic E-state index is 11.6. The molecule has 0 aromatic heterocycles. The van der Waals surface area contributed by atoms with Crippen molar-refractivity contribution in [2.45, 2.75) is 142 Å². The molecule has 3 heteroatoms. The van der Waals surface area contributed by atoms with Crippen LogP contribution in [0.5, 0.6) is 17.2 Å². The van der Waals surface area contributed by atoms with Gasteiger partial charge in [0.1, 0.15) is 17.2 Å². The van der Waals surface area contributed by atoms with E-state index in [1.165, 1.54) is 16.7 Å². The lowest BCUT2D eigenvalue weighted by molar-refractivity contribution is 0.311.